The molecular weight excluding hydrogens is 433 g/mol. The Balaban J connectivity index is 1.49. The summed E-state index contributed by atoms with van der Waals surface area (Å²) >= 11 is 2.81. The summed E-state index contributed by atoms with van der Waals surface area (Å²) in [6.07, 6.45) is 0. The first-order valence-corrected chi connectivity index (χ1v) is 11.5. The molecule has 0 unspecified atom stereocenters. The summed E-state index contributed by atoms with van der Waals surface area (Å²) in [5, 5.41) is 17.5. The zero-order valence-corrected chi connectivity index (χ0v) is 18.6. The molecular formula is C22H20FN5OS2. The van der Waals surface area contributed by atoms with Crippen LogP contribution in [0.1, 0.15) is 27.6 Å². The minimum Gasteiger partial charge on any atom is -0.344 e. The fraction of sp³-hybridized carbons (Fsp3) is 0.182. The van der Waals surface area contributed by atoms with Gasteiger partial charge in [-0.15, -0.1) is 16.4 Å². The van der Waals surface area contributed by atoms with Gasteiger partial charge in [-0.3, -0.25) is 4.79 Å². The quantitative estimate of drug-likeness (QED) is 0.418. The molecule has 2 aromatic carbocycles. The number of nitrogens with one attached hydrogen (secondary N) is 1. The minimum atomic E-state index is -0.344. The van der Waals surface area contributed by atoms with E-state index in [2.05, 4.69) is 20.8 Å². The molecule has 0 saturated carbocycles. The summed E-state index contributed by atoms with van der Waals surface area (Å²) in [4.78, 5) is 13.8. The Hall–Kier alpha value is -3.04. The molecule has 0 saturated heterocycles. The second kappa shape index (κ2) is 9.40. The van der Waals surface area contributed by atoms with Crippen LogP contribution in [0.15, 0.2) is 65.1 Å². The van der Waals surface area contributed by atoms with Gasteiger partial charge in [-0.25, -0.2) is 4.39 Å². The molecule has 0 aliphatic carbocycles. The first kappa shape index (κ1) is 21.2. The van der Waals surface area contributed by atoms with Gasteiger partial charge in [0.15, 0.2) is 0 Å². The van der Waals surface area contributed by atoms with Crippen LogP contribution in [-0.2, 0) is 4.79 Å². The lowest BCUT2D eigenvalue weighted by atomic mass is 10.1. The van der Waals surface area contributed by atoms with Crippen molar-refractivity contribution >= 4 is 29.0 Å². The highest BCUT2D eigenvalue weighted by molar-refractivity contribution is 7.99. The second-order valence-electron chi connectivity index (χ2n) is 6.97. The molecule has 4 rings (SSSR count). The number of amides is 1. The van der Waals surface area contributed by atoms with Crippen LogP contribution in [0.5, 0.6) is 0 Å². The van der Waals surface area contributed by atoms with Gasteiger partial charge < -0.3 is 5.32 Å². The monoisotopic (exact) mass is 453 g/mol. The molecule has 2 aromatic heterocycles. The number of aryl methyl sites for hydroxylation is 2. The van der Waals surface area contributed by atoms with Gasteiger partial charge in [0, 0.05) is 4.88 Å². The number of thiophene rings is 1. The van der Waals surface area contributed by atoms with Crippen LogP contribution in [0.4, 0.5) is 4.39 Å². The zero-order chi connectivity index (χ0) is 21.8. The number of benzene rings is 2. The molecule has 0 aliphatic rings. The maximum atomic E-state index is 13.4. The standard InChI is InChI=1S/C22H20FN5OS2/c1-14-5-3-6-15(2)21(14)28-22(25-26-27-28)31-13-19(29)24-20(18-7-4-12-30-18)16-8-10-17(23)11-9-16/h3-12,20H,13H2,1-2H3,(H,24,29)/t20-/m0/s1. The minimum absolute atomic E-state index is 0.147. The van der Waals surface area contributed by atoms with Crippen LogP contribution in [0, 0.1) is 19.7 Å². The predicted molar refractivity (Wildman–Crippen MR) is 120 cm³/mol. The van der Waals surface area contributed by atoms with E-state index in [1.54, 1.807) is 16.8 Å². The first-order chi connectivity index (χ1) is 15.0. The van der Waals surface area contributed by atoms with Gasteiger partial charge >= 0.3 is 0 Å². The molecule has 1 N–H and O–H groups in total. The van der Waals surface area contributed by atoms with Gasteiger partial charge in [-0.1, -0.05) is 48.2 Å². The average molecular weight is 454 g/mol. The highest BCUT2D eigenvalue weighted by Crippen LogP contribution is 2.27. The molecule has 0 spiro atoms. The zero-order valence-electron chi connectivity index (χ0n) is 16.9. The Kier molecular flexibility index (Phi) is 6.43. The molecule has 31 heavy (non-hydrogen) atoms. The third kappa shape index (κ3) is 4.83. The molecule has 0 fully saturated rings. The van der Waals surface area contributed by atoms with Gasteiger partial charge in [-0.2, -0.15) is 4.68 Å². The number of nitrogens with zero attached hydrogens (tertiary/aromatic N) is 4. The summed E-state index contributed by atoms with van der Waals surface area (Å²) in [5.74, 6) is -0.327. The molecule has 0 radical (unpaired) electrons. The van der Waals surface area contributed by atoms with Gasteiger partial charge in [0.25, 0.3) is 0 Å². The smallest absolute Gasteiger partial charge is 0.231 e. The molecule has 2 heterocycles. The number of thioether (sulfide) groups is 1. The molecule has 1 amide bonds. The Morgan fingerprint density at radius 3 is 2.55 bits per heavy atom. The van der Waals surface area contributed by atoms with Crippen molar-refractivity contribution in [3.05, 3.63) is 87.4 Å². The fourth-order valence-corrected chi connectivity index (χ4v) is 4.80. The predicted octanol–water partition coefficient (Wildman–Crippen LogP) is 4.48. The van der Waals surface area contributed by atoms with Gasteiger partial charge in [0.1, 0.15) is 5.82 Å². The van der Waals surface area contributed by atoms with E-state index in [4.69, 9.17) is 0 Å². The van der Waals surface area contributed by atoms with Crippen molar-refractivity contribution in [3.63, 3.8) is 0 Å². The number of hydrogen-bond donors (Lipinski definition) is 1. The van der Waals surface area contributed by atoms with E-state index in [0.717, 1.165) is 27.3 Å². The number of para-hydroxylation sites is 1. The number of rotatable bonds is 7. The fourth-order valence-electron chi connectivity index (χ4n) is 3.31. The van der Waals surface area contributed by atoms with Crippen LogP contribution in [0.25, 0.3) is 5.69 Å². The van der Waals surface area contributed by atoms with Crippen LogP contribution in [0.3, 0.4) is 0 Å². The van der Waals surface area contributed by atoms with Crippen LogP contribution in [0.2, 0.25) is 0 Å². The third-order valence-electron chi connectivity index (χ3n) is 4.76. The van der Waals surface area contributed by atoms with Crippen molar-refractivity contribution in [2.75, 3.05) is 5.75 Å². The Morgan fingerprint density at radius 1 is 1.13 bits per heavy atom. The second-order valence-corrected chi connectivity index (χ2v) is 8.89. The molecule has 0 aliphatic heterocycles. The van der Waals surface area contributed by atoms with Gasteiger partial charge in [0.2, 0.25) is 11.1 Å². The molecule has 6 nitrogen and oxygen atoms in total. The number of hydrogen-bond acceptors (Lipinski definition) is 6. The largest absolute Gasteiger partial charge is 0.344 e. The Labute approximate surface area is 187 Å². The summed E-state index contributed by atoms with van der Waals surface area (Å²) in [6.45, 7) is 4.00. The van der Waals surface area contributed by atoms with E-state index in [1.165, 1.54) is 35.2 Å². The van der Waals surface area contributed by atoms with Crippen LogP contribution in [-0.4, -0.2) is 31.9 Å². The molecule has 9 heteroatoms. The SMILES string of the molecule is Cc1cccc(C)c1-n1nnnc1SCC(=O)N[C@@H](c1ccc(F)cc1)c1cccs1. The average Bonchev–Trinajstić information content (AvgIpc) is 3.44. The first-order valence-electron chi connectivity index (χ1n) is 9.59. The van der Waals surface area contributed by atoms with Crippen molar-refractivity contribution in [1.29, 1.82) is 0 Å². The van der Waals surface area contributed by atoms with E-state index in [0.29, 0.717) is 5.16 Å². The number of tetrazole rings is 1. The highest BCUT2D eigenvalue weighted by atomic mass is 32.2. The van der Waals surface area contributed by atoms with Crippen LogP contribution >= 0.6 is 23.1 Å². The summed E-state index contributed by atoms with van der Waals surface area (Å²) in [5.41, 5.74) is 3.83. The summed E-state index contributed by atoms with van der Waals surface area (Å²) < 4.78 is 15.0. The number of carbonyl (C=O) groups is 1. The lowest BCUT2D eigenvalue weighted by molar-refractivity contribution is -0.119. The number of aromatic nitrogens is 4. The van der Waals surface area contributed by atoms with Crippen LogP contribution < -0.4 is 5.32 Å². The molecule has 1 atom stereocenters. The van der Waals surface area contributed by atoms with E-state index in [9.17, 15) is 9.18 Å². The number of carbonyl (C=O) groups excluding carboxylic acids is 1. The maximum Gasteiger partial charge on any atom is 0.231 e. The van der Waals surface area contributed by atoms with Crippen molar-refractivity contribution < 1.29 is 9.18 Å². The van der Waals surface area contributed by atoms with Crippen molar-refractivity contribution in [2.24, 2.45) is 0 Å². The third-order valence-corrected chi connectivity index (χ3v) is 6.62. The highest BCUT2D eigenvalue weighted by Gasteiger charge is 2.20. The van der Waals surface area contributed by atoms with Crippen molar-refractivity contribution in [2.45, 2.75) is 25.0 Å². The van der Waals surface area contributed by atoms with E-state index >= 15 is 0 Å². The molecule has 4 aromatic rings. The lowest BCUT2D eigenvalue weighted by Gasteiger charge is -2.18. The Morgan fingerprint density at radius 2 is 1.87 bits per heavy atom. The summed E-state index contributed by atoms with van der Waals surface area (Å²) in [6, 6.07) is 15.7. The van der Waals surface area contributed by atoms with Crippen molar-refractivity contribution in [3.8, 4) is 5.69 Å². The maximum absolute atomic E-state index is 13.4. The number of halogens is 1. The normalized spacial score (nSPS) is 12.0. The molecule has 0 bridgehead atoms. The van der Waals surface area contributed by atoms with Crippen molar-refractivity contribution in [1.82, 2.24) is 25.5 Å². The Bertz CT molecular complexity index is 1150. The molecule has 158 valence electrons. The van der Waals surface area contributed by atoms with Gasteiger partial charge in [0.05, 0.1) is 17.5 Å². The summed E-state index contributed by atoms with van der Waals surface area (Å²) in [7, 11) is 0. The van der Waals surface area contributed by atoms with E-state index < -0.39 is 0 Å². The van der Waals surface area contributed by atoms with E-state index in [1.807, 2.05) is 49.6 Å². The van der Waals surface area contributed by atoms with Gasteiger partial charge in [-0.05, 0) is 64.5 Å². The van der Waals surface area contributed by atoms with E-state index in [-0.39, 0.29) is 23.5 Å². The lowest BCUT2D eigenvalue weighted by Crippen LogP contribution is -2.30. The topological polar surface area (TPSA) is 72.7 Å².